The lowest BCUT2D eigenvalue weighted by Crippen LogP contribution is -2.22. The van der Waals surface area contributed by atoms with Crippen molar-refractivity contribution in [3.63, 3.8) is 0 Å². The van der Waals surface area contributed by atoms with E-state index in [4.69, 9.17) is 15.2 Å². The molecule has 2 aromatic rings. The van der Waals surface area contributed by atoms with Crippen LogP contribution in [0.15, 0.2) is 39.8 Å². The molecule has 0 unspecified atom stereocenters. The first-order chi connectivity index (χ1) is 11.4. The number of rotatable bonds is 5. The van der Waals surface area contributed by atoms with Crippen molar-refractivity contribution in [3.05, 3.63) is 51.5 Å². The number of aliphatic imine (C=N–C) groups is 1. The van der Waals surface area contributed by atoms with Gasteiger partial charge in [-0.2, -0.15) is 0 Å². The molecule has 2 rings (SSSR count). The zero-order chi connectivity index (χ0) is 17.7. The molecule has 0 radical (unpaired) electrons. The Morgan fingerprint density at radius 1 is 1.04 bits per heavy atom. The molecular weight excluding hydrogens is 497 g/mol. The maximum Gasteiger partial charge on any atom is 0.193 e. The lowest BCUT2D eigenvalue weighted by molar-refractivity contribution is 0.354. The van der Waals surface area contributed by atoms with Gasteiger partial charge in [-0.05, 0) is 54.8 Å². The molecule has 0 saturated heterocycles. The Hall–Kier alpha value is -1.48. The second-order valence-corrected chi connectivity index (χ2v) is 6.36. The van der Waals surface area contributed by atoms with Gasteiger partial charge in [0.15, 0.2) is 17.5 Å². The maximum atomic E-state index is 6.00. The summed E-state index contributed by atoms with van der Waals surface area (Å²) in [6.07, 6.45) is 0. The van der Waals surface area contributed by atoms with Crippen molar-refractivity contribution < 1.29 is 9.47 Å². The first-order valence-electron chi connectivity index (χ1n) is 7.48. The van der Waals surface area contributed by atoms with Crippen LogP contribution in [-0.2, 0) is 6.54 Å². The summed E-state index contributed by atoms with van der Waals surface area (Å²) in [5, 5.41) is 3.12. The molecule has 3 N–H and O–H groups in total. The summed E-state index contributed by atoms with van der Waals surface area (Å²) in [5.41, 5.74) is 10.2. The van der Waals surface area contributed by atoms with Gasteiger partial charge in [0, 0.05) is 10.2 Å². The number of hydrogen-bond donors (Lipinski definition) is 2. The number of methoxy groups -OCH3 is 2. The number of anilines is 1. The summed E-state index contributed by atoms with van der Waals surface area (Å²) < 4.78 is 11.5. The van der Waals surface area contributed by atoms with Crippen molar-refractivity contribution in [3.8, 4) is 11.5 Å². The Morgan fingerprint density at radius 3 is 2.16 bits per heavy atom. The molecule has 0 aromatic heterocycles. The Bertz CT molecular complexity index is 746. The number of nitrogens with zero attached hydrogens (tertiary/aromatic N) is 1. The molecule has 0 saturated carbocycles. The van der Waals surface area contributed by atoms with Crippen LogP contribution < -0.4 is 20.5 Å². The molecular formula is C18H23BrIN3O2. The smallest absolute Gasteiger partial charge is 0.193 e. The van der Waals surface area contributed by atoms with E-state index in [1.807, 2.05) is 38.1 Å². The molecule has 0 aliphatic heterocycles. The number of benzene rings is 2. The molecule has 0 aliphatic rings. The summed E-state index contributed by atoms with van der Waals surface area (Å²) >= 11 is 3.52. The number of guanidine groups is 1. The third-order valence-electron chi connectivity index (χ3n) is 3.47. The van der Waals surface area contributed by atoms with E-state index in [2.05, 4.69) is 32.3 Å². The summed E-state index contributed by atoms with van der Waals surface area (Å²) in [6.45, 7) is 4.52. The fourth-order valence-corrected chi connectivity index (χ4v) is 2.87. The van der Waals surface area contributed by atoms with Gasteiger partial charge < -0.3 is 20.5 Å². The van der Waals surface area contributed by atoms with E-state index in [0.717, 1.165) is 15.7 Å². The molecule has 0 aliphatic carbocycles. The van der Waals surface area contributed by atoms with Gasteiger partial charge in [-0.15, -0.1) is 24.0 Å². The van der Waals surface area contributed by atoms with E-state index in [1.165, 1.54) is 11.1 Å². The number of aryl methyl sites for hydroxylation is 2. The summed E-state index contributed by atoms with van der Waals surface area (Å²) in [5.74, 6) is 1.69. The number of halogens is 2. The van der Waals surface area contributed by atoms with E-state index < -0.39 is 0 Å². The van der Waals surface area contributed by atoms with Crippen molar-refractivity contribution >= 4 is 51.6 Å². The van der Waals surface area contributed by atoms with Gasteiger partial charge in [0.1, 0.15) is 0 Å². The fourth-order valence-electron chi connectivity index (χ4n) is 2.42. The second kappa shape index (κ2) is 9.86. The van der Waals surface area contributed by atoms with Crippen LogP contribution in [0.5, 0.6) is 11.5 Å². The van der Waals surface area contributed by atoms with Gasteiger partial charge in [-0.3, -0.25) is 0 Å². The predicted molar refractivity (Wildman–Crippen MR) is 118 cm³/mol. The first kappa shape index (κ1) is 21.6. The van der Waals surface area contributed by atoms with E-state index >= 15 is 0 Å². The van der Waals surface area contributed by atoms with Crippen LogP contribution >= 0.6 is 39.9 Å². The van der Waals surface area contributed by atoms with Gasteiger partial charge >= 0.3 is 0 Å². The summed E-state index contributed by atoms with van der Waals surface area (Å²) in [6, 6.07) is 9.91. The minimum Gasteiger partial charge on any atom is -0.493 e. The van der Waals surface area contributed by atoms with Crippen LogP contribution in [0.4, 0.5) is 5.69 Å². The van der Waals surface area contributed by atoms with Crippen LogP contribution in [0.3, 0.4) is 0 Å². The molecule has 0 fully saturated rings. The topological polar surface area (TPSA) is 68.9 Å². The largest absolute Gasteiger partial charge is 0.493 e. The van der Waals surface area contributed by atoms with E-state index in [0.29, 0.717) is 24.0 Å². The van der Waals surface area contributed by atoms with Crippen molar-refractivity contribution in [2.45, 2.75) is 20.4 Å². The predicted octanol–water partition coefficient (Wildman–Crippen LogP) is 4.63. The molecule has 0 atom stereocenters. The zero-order valence-corrected chi connectivity index (χ0v) is 18.6. The lowest BCUT2D eigenvalue weighted by atomic mass is 10.1. The van der Waals surface area contributed by atoms with Crippen LogP contribution in [-0.4, -0.2) is 20.2 Å². The minimum atomic E-state index is 0. The van der Waals surface area contributed by atoms with Gasteiger partial charge in [0.05, 0.1) is 20.8 Å². The molecule has 0 bridgehead atoms. The average Bonchev–Trinajstić information content (AvgIpc) is 2.52. The van der Waals surface area contributed by atoms with E-state index in [1.54, 1.807) is 14.2 Å². The van der Waals surface area contributed by atoms with Gasteiger partial charge in [-0.1, -0.05) is 22.0 Å². The van der Waals surface area contributed by atoms with Crippen LogP contribution in [0.1, 0.15) is 16.7 Å². The number of ether oxygens (including phenoxy) is 2. The molecule has 0 amide bonds. The van der Waals surface area contributed by atoms with Crippen LogP contribution in [0, 0.1) is 13.8 Å². The molecule has 136 valence electrons. The zero-order valence-electron chi connectivity index (χ0n) is 14.7. The van der Waals surface area contributed by atoms with E-state index in [9.17, 15) is 0 Å². The molecule has 7 heteroatoms. The number of nitrogens with one attached hydrogen (secondary N) is 1. The molecule has 25 heavy (non-hydrogen) atoms. The van der Waals surface area contributed by atoms with Crippen molar-refractivity contribution in [2.75, 3.05) is 19.5 Å². The standard InChI is InChI=1S/C18H22BrN3O2.HI/c1-11-5-12(2)7-14(6-11)22-18(20)21-10-13-8-16(23-3)17(24-4)9-15(13)19;/h5-9H,10H2,1-4H3,(H3,20,21,22);1H. The monoisotopic (exact) mass is 519 g/mol. The highest BCUT2D eigenvalue weighted by Crippen LogP contribution is 2.33. The normalized spacial score (nSPS) is 10.8. The maximum absolute atomic E-state index is 6.00. The third-order valence-corrected chi connectivity index (χ3v) is 4.20. The highest BCUT2D eigenvalue weighted by molar-refractivity contribution is 14.0. The Balaban J connectivity index is 0.00000312. The lowest BCUT2D eigenvalue weighted by Gasteiger charge is -2.11. The van der Waals surface area contributed by atoms with E-state index in [-0.39, 0.29) is 24.0 Å². The number of nitrogens with two attached hydrogens (primary N) is 1. The summed E-state index contributed by atoms with van der Waals surface area (Å²) in [7, 11) is 3.21. The van der Waals surface area contributed by atoms with Gasteiger partial charge in [-0.25, -0.2) is 4.99 Å². The second-order valence-electron chi connectivity index (χ2n) is 5.50. The molecule has 0 spiro atoms. The molecule has 5 nitrogen and oxygen atoms in total. The molecule has 0 heterocycles. The average molecular weight is 520 g/mol. The van der Waals surface area contributed by atoms with Gasteiger partial charge in [0.2, 0.25) is 0 Å². The summed E-state index contributed by atoms with van der Waals surface area (Å²) in [4.78, 5) is 4.40. The van der Waals surface area contributed by atoms with Crippen molar-refractivity contribution in [1.82, 2.24) is 0 Å². The Morgan fingerprint density at radius 2 is 1.60 bits per heavy atom. The van der Waals surface area contributed by atoms with Crippen molar-refractivity contribution in [2.24, 2.45) is 10.7 Å². The van der Waals surface area contributed by atoms with Gasteiger partial charge in [0.25, 0.3) is 0 Å². The van der Waals surface area contributed by atoms with Crippen molar-refractivity contribution in [1.29, 1.82) is 0 Å². The number of hydrogen-bond acceptors (Lipinski definition) is 3. The first-order valence-corrected chi connectivity index (χ1v) is 8.28. The Kier molecular flexibility index (Phi) is 8.51. The quantitative estimate of drug-likeness (QED) is 0.343. The Labute approximate surface area is 174 Å². The highest BCUT2D eigenvalue weighted by Gasteiger charge is 2.09. The minimum absolute atomic E-state index is 0. The third kappa shape index (κ3) is 6.07. The fraction of sp³-hybridized carbons (Fsp3) is 0.278. The SMILES string of the molecule is COc1cc(Br)c(CN=C(N)Nc2cc(C)cc(C)c2)cc1OC.I. The highest BCUT2D eigenvalue weighted by atomic mass is 127. The molecule has 2 aromatic carbocycles. The van der Waals surface area contributed by atoms with Crippen LogP contribution in [0.25, 0.3) is 0 Å². The van der Waals surface area contributed by atoms with Crippen LogP contribution in [0.2, 0.25) is 0 Å².